The lowest BCUT2D eigenvalue weighted by atomic mass is 9.91. The van der Waals surface area contributed by atoms with E-state index < -0.39 is 0 Å². The molecule has 3 nitrogen and oxygen atoms in total. The first kappa shape index (κ1) is 16.1. The zero-order valence-electron chi connectivity index (χ0n) is 12.0. The summed E-state index contributed by atoms with van der Waals surface area (Å²) in [5.74, 6) is 1.07. The van der Waals surface area contributed by atoms with Gasteiger partial charge in [0.25, 0.3) is 0 Å². The van der Waals surface area contributed by atoms with E-state index in [0.29, 0.717) is 18.2 Å². The highest BCUT2D eigenvalue weighted by molar-refractivity contribution is 5.83. The van der Waals surface area contributed by atoms with Crippen molar-refractivity contribution in [2.45, 2.75) is 39.0 Å². The normalized spacial score (nSPS) is 24.0. The number of carbonyl (C=O) groups excluding carboxylic acids is 1. The third-order valence-electron chi connectivity index (χ3n) is 3.61. The summed E-state index contributed by atoms with van der Waals surface area (Å²) in [6.07, 6.45) is 13.3. The van der Waals surface area contributed by atoms with Gasteiger partial charge in [-0.15, -0.1) is 0 Å². The molecule has 1 rings (SSSR count). The van der Waals surface area contributed by atoms with Crippen molar-refractivity contribution in [3.05, 3.63) is 24.3 Å². The molecule has 1 aliphatic carbocycles. The van der Waals surface area contributed by atoms with Crippen molar-refractivity contribution in [1.82, 2.24) is 5.32 Å². The van der Waals surface area contributed by atoms with Crippen molar-refractivity contribution in [3.8, 4) is 0 Å². The molecule has 0 aromatic heterocycles. The van der Waals surface area contributed by atoms with Crippen LogP contribution in [0.15, 0.2) is 24.3 Å². The van der Waals surface area contributed by atoms with E-state index in [9.17, 15) is 4.79 Å². The number of allylic oxidation sites excluding steroid dienone is 3. The zero-order valence-corrected chi connectivity index (χ0v) is 12.0. The van der Waals surface area contributed by atoms with Crippen LogP contribution in [0.5, 0.6) is 0 Å². The summed E-state index contributed by atoms with van der Waals surface area (Å²) in [5, 5.41) is 11.7. The van der Waals surface area contributed by atoms with Crippen LogP contribution in [-0.2, 0) is 4.79 Å². The molecule has 1 fully saturated rings. The van der Waals surface area contributed by atoms with E-state index >= 15 is 0 Å². The molecular weight excluding hydrogens is 238 g/mol. The molecule has 19 heavy (non-hydrogen) atoms. The molecule has 1 aliphatic rings. The van der Waals surface area contributed by atoms with Crippen molar-refractivity contribution in [1.29, 1.82) is 0 Å². The molecular formula is C16H27NO2. The van der Waals surface area contributed by atoms with Gasteiger partial charge in [-0.3, -0.25) is 4.79 Å². The third kappa shape index (κ3) is 6.17. The van der Waals surface area contributed by atoms with Crippen LogP contribution in [0.25, 0.3) is 0 Å². The summed E-state index contributed by atoms with van der Waals surface area (Å²) in [4.78, 5) is 11.8. The number of aliphatic hydroxyl groups is 1. The number of hydrogen-bond acceptors (Lipinski definition) is 3. The maximum Gasteiger partial charge on any atom is 0.136 e. The first-order chi connectivity index (χ1) is 9.29. The topological polar surface area (TPSA) is 49.3 Å². The van der Waals surface area contributed by atoms with Crippen LogP contribution in [0.4, 0.5) is 0 Å². The smallest absolute Gasteiger partial charge is 0.136 e. The summed E-state index contributed by atoms with van der Waals surface area (Å²) in [6, 6.07) is 0. The molecule has 3 heteroatoms. The van der Waals surface area contributed by atoms with Crippen LogP contribution in [0.2, 0.25) is 0 Å². The lowest BCUT2D eigenvalue weighted by Crippen LogP contribution is -2.18. The zero-order chi connectivity index (χ0) is 13.9. The van der Waals surface area contributed by atoms with Gasteiger partial charge in [-0.05, 0) is 38.1 Å². The molecule has 2 atom stereocenters. The Bertz CT molecular complexity index is 310. The van der Waals surface area contributed by atoms with Crippen LogP contribution >= 0.6 is 0 Å². The van der Waals surface area contributed by atoms with Crippen LogP contribution in [-0.4, -0.2) is 30.6 Å². The monoisotopic (exact) mass is 265 g/mol. The van der Waals surface area contributed by atoms with Crippen LogP contribution in [0.1, 0.15) is 39.0 Å². The Kier molecular flexibility index (Phi) is 8.43. The standard InChI is InChI=1S/C16H27NO2/c1-2-3-7-14-9-10-16(19)15(14)8-5-4-6-11-17-12-13-18/h3-5,7,14-15,17-18H,2,6,8-13H2,1H3/b5-4-,7-3+/t14?,15-/m1/s1. The predicted octanol–water partition coefficient (Wildman–Crippen LogP) is 2.47. The third-order valence-corrected chi connectivity index (χ3v) is 3.61. The summed E-state index contributed by atoms with van der Waals surface area (Å²) < 4.78 is 0. The van der Waals surface area contributed by atoms with E-state index in [0.717, 1.165) is 38.6 Å². The fourth-order valence-electron chi connectivity index (χ4n) is 2.53. The highest BCUT2D eigenvalue weighted by Gasteiger charge is 2.31. The molecule has 0 aromatic carbocycles. The summed E-state index contributed by atoms with van der Waals surface area (Å²) in [7, 11) is 0. The maximum absolute atomic E-state index is 11.8. The summed E-state index contributed by atoms with van der Waals surface area (Å²) in [5.41, 5.74) is 0. The number of hydrogen-bond donors (Lipinski definition) is 2. The van der Waals surface area contributed by atoms with Gasteiger partial charge in [0, 0.05) is 18.9 Å². The Hall–Kier alpha value is -0.930. The largest absolute Gasteiger partial charge is 0.395 e. The van der Waals surface area contributed by atoms with Crippen molar-refractivity contribution >= 4 is 5.78 Å². The van der Waals surface area contributed by atoms with Crippen LogP contribution in [0, 0.1) is 11.8 Å². The van der Waals surface area contributed by atoms with Gasteiger partial charge in [0.2, 0.25) is 0 Å². The Morgan fingerprint density at radius 1 is 1.32 bits per heavy atom. The second-order valence-corrected chi connectivity index (χ2v) is 5.08. The number of Topliss-reactive ketones (excluding diaryl/α,β-unsaturated/α-hetero) is 1. The molecule has 0 amide bonds. The molecule has 0 aliphatic heterocycles. The van der Waals surface area contributed by atoms with Gasteiger partial charge in [0.05, 0.1) is 6.61 Å². The molecule has 1 unspecified atom stereocenters. The van der Waals surface area contributed by atoms with Gasteiger partial charge >= 0.3 is 0 Å². The minimum Gasteiger partial charge on any atom is -0.395 e. The molecule has 108 valence electrons. The number of ketones is 1. The SMILES string of the molecule is CC/C=C/C1CCC(=O)[C@@H]1C/C=C\CCNCCO. The predicted molar refractivity (Wildman–Crippen MR) is 79.0 cm³/mol. The molecule has 0 bridgehead atoms. The molecule has 1 saturated carbocycles. The van der Waals surface area contributed by atoms with Crippen LogP contribution < -0.4 is 5.32 Å². The average Bonchev–Trinajstić information content (AvgIpc) is 2.76. The highest BCUT2D eigenvalue weighted by Crippen LogP contribution is 2.32. The molecule has 2 N–H and O–H groups in total. The second-order valence-electron chi connectivity index (χ2n) is 5.08. The fourth-order valence-corrected chi connectivity index (χ4v) is 2.53. The Morgan fingerprint density at radius 2 is 2.16 bits per heavy atom. The number of rotatable bonds is 9. The molecule has 0 radical (unpaired) electrons. The second kappa shape index (κ2) is 9.93. The van der Waals surface area contributed by atoms with Crippen molar-refractivity contribution in [3.63, 3.8) is 0 Å². The van der Waals surface area contributed by atoms with Gasteiger partial charge < -0.3 is 10.4 Å². The average molecular weight is 265 g/mol. The minimum absolute atomic E-state index is 0.186. The Balaban J connectivity index is 2.27. The lowest BCUT2D eigenvalue weighted by Gasteiger charge is -2.12. The summed E-state index contributed by atoms with van der Waals surface area (Å²) >= 11 is 0. The molecule has 0 heterocycles. The lowest BCUT2D eigenvalue weighted by molar-refractivity contribution is -0.120. The fraction of sp³-hybridized carbons (Fsp3) is 0.688. The molecule has 0 spiro atoms. The Morgan fingerprint density at radius 3 is 2.89 bits per heavy atom. The minimum atomic E-state index is 0.186. The van der Waals surface area contributed by atoms with Gasteiger partial charge in [0.15, 0.2) is 0 Å². The van der Waals surface area contributed by atoms with Crippen molar-refractivity contribution in [2.24, 2.45) is 11.8 Å². The van der Waals surface area contributed by atoms with E-state index in [1.54, 1.807) is 0 Å². The van der Waals surface area contributed by atoms with E-state index in [2.05, 4.69) is 36.5 Å². The molecule has 0 aromatic rings. The van der Waals surface area contributed by atoms with Gasteiger partial charge in [-0.2, -0.15) is 0 Å². The van der Waals surface area contributed by atoms with Crippen molar-refractivity contribution in [2.75, 3.05) is 19.7 Å². The maximum atomic E-state index is 11.8. The van der Waals surface area contributed by atoms with Gasteiger partial charge in [-0.25, -0.2) is 0 Å². The quantitative estimate of drug-likeness (QED) is 0.497. The number of nitrogens with one attached hydrogen (secondary N) is 1. The van der Waals surface area contributed by atoms with Gasteiger partial charge in [0.1, 0.15) is 5.78 Å². The highest BCUT2D eigenvalue weighted by atomic mass is 16.3. The molecule has 0 saturated heterocycles. The van der Waals surface area contributed by atoms with E-state index in [-0.39, 0.29) is 12.5 Å². The van der Waals surface area contributed by atoms with Crippen LogP contribution in [0.3, 0.4) is 0 Å². The summed E-state index contributed by atoms with van der Waals surface area (Å²) in [6.45, 7) is 3.85. The van der Waals surface area contributed by atoms with E-state index in [1.807, 2.05) is 0 Å². The van der Waals surface area contributed by atoms with Crippen molar-refractivity contribution < 1.29 is 9.90 Å². The first-order valence-electron chi connectivity index (χ1n) is 7.45. The van der Waals surface area contributed by atoms with E-state index in [1.165, 1.54) is 0 Å². The van der Waals surface area contributed by atoms with E-state index in [4.69, 9.17) is 5.11 Å². The Labute approximate surface area is 116 Å². The van der Waals surface area contributed by atoms with Gasteiger partial charge in [-0.1, -0.05) is 31.2 Å². The number of aliphatic hydroxyl groups excluding tert-OH is 1. The first-order valence-corrected chi connectivity index (χ1v) is 7.45. The number of carbonyl (C=O) groups is 1.